The molecule has 1 N–H and O–H groups in total. The quantitative estimate of drug-likeness (QED) is 0.908. The van der Waals surface area contributed by atoms with Crippen LogP contribution in [0.15, 0.2) is 4.52 Å². The second-order valence-electron chi connectivity index (χ2n) is 4.84. The highest BCUT2D eigenvalue weighted by molar-refractivity contribution is 4.86. The number of nitrogens with zero attached hydrogens (tertiary/aromatic N) is 3. The Kier molecular flexibility index (Phi) is 4.10. The summed E-state index contributed by atoms with van der Waals surface area (Å²) in [6.45, 7) is 3.12. The molecule has 1 aromatic heterocycles. The van der Waals surface area contributed by atoms with Crippen LogP contribution in [-0.4, -0.2) is 45.5 Å². The molecule has 0 bridgehead atoms. The van der Waals surface area contributed by atoms with Crippen LogP contribution in [0.2, 0.25) is 0 Å². The summed E-state index contributed by atoms with van der Waals surface area (Å²) in [4.78, 5) is 6.00. The smallest absolute Gasteiger partial charge is 0.383 e. The Morgan fingerprint density at radius 2 is 2.05 bits per heavy atom. The van der Waals surface area contributed by atoms with E-state index in [1.807, 2.05) is 4.90 Å². The molecule has 1 unspecified atom stereocenters. The number of halogens is 3. The third-order valence-corrected chi connectivity index (χ3v) is 3.34. The molecule has 1 aliphatic heterocycles. The molecule has 108 valence electrons. The second kappa shape index (κ2) is 5.46. The van der Waals surface area contributed by atoms with Gasteiger partial charge in [-0.05, 0) is 38.8 Å². The first-order valence-electron chi connectivity index (χ1n) is 6.12. The van der Waals surface area contributed by atoms with Crippen molar-refractivity contribution in [1.82, 2.24) is 15.0 Å². The zero-order valence-electron chi connectivity index (χ0n) is 10.5. The molecule has 1 aliphatic rings. The number of aromatic nitrogens is 2. The van der Waals surface area contributed by atoms with Crippen LogP contribution in [0.1, 0.15) is 24.6 Å². The molecule has 19 heavy (non-hydrogen) atoms. The molecule has 0 radical (unpaired) electrons. The number of hydrogen-bond acceptors (Lipinski definition) is 5. The van der Waals surface area contributed by atoms with Gasteiger partial charge in [-0.25, -0.2) is 0 Å². The summed E-state index contributed by atoms with van der Waals surface area (Å²) in [6.07, 6.45) is -6.13. The van der Waals surface area contributed by atoms with Crippen LogP contribution in [0.4, 0.5) is 13.2 Å². The first-order valence-corrected chi connectivity index (χ1v) is 6.12. The SMILES string of the molecule is Cc1noc(CN2CCC(C(O)C(F)(F)F)CC2)n1. The second-order valence-corrected chi connectivity index (χ2v) is 4.84. The van der Waals surface area contributed by atoms with Gasteiger partial charge in [-0.3, -0.25) is 4.90 Å². The highest BCUT2D eigenvalue weighted by Crippen LogP contribution is 2.31. The number of aliphatic hydroxyl groups is 1. The van der Waals surface area contributed by atoms with Crippen molar-refractivity contribution < 1.29 is 22.8 Å². The Labute approximate surface area is 108 Å². The first kappa shape index (κ1) is 14.3. The van der Waals surface area contributed by atoms with E-state index in [1.165, 1.54) is 0 Å². The normalized spacial score (nSPS) is 20.7. The number of rotatable bonds is 3. The van der Waals surface area contributed by atoms with Crippen LogP contribution in [0.25, 0.3) is 0 Å². The van der Waals surface area contributed by atoms with Gasteiger partial charge in [0.25, 0.3) is 0 Å². The molecule has 2 heterocycles. The molecule has 1 aromatic rings. The molecule has 2 rings (SSSR count). The fourth-order valence-electron chi connectivity index (χ4n) is 2.29. The maximum atomic E-state index is 12.4. The number of piperidine rings is 1. The lowest BCUT2D eigenvalue weighted by Gasteiger charge is -2.33. The van der Waals surface area contributed by atoms with E-state index in [9.17, 15) is 18.3 Å². The van der Waals surface area contributed by atoms with Crippen molar-refractivity contribution in [3.05, 3.63) is 11.7 Å². The lowest BCUT2D eigenvalue weighted by Crippen LogP contribution is -2.43. The molecule has 0 amide bonds. The Balaban J connectivity index is 1.82. The predicted molar refractivity (Wildman–Crippen MR) is 59.1 cm³/mol. The van der Waals surface area contributed by atoms with Crippen LogP contribution in [0.5, 0.6) is 0 Å². The van der Waals surface area contributed by atoms with Crippen molar-refractivity contribution in [2.75, 3.05) is 13.1 Å². The fraction of sp³-hybridized carbons (Fsp3) is 0.818. The van der Waals surface area contributed by atoms with Crippen LogP contribution >= 0.6 is 0 Å². The Bertz CT molecular complexity index is 414. The first-order chi connectivity index (χ1) is 8.86. The van der Waals surface area contributed by atoms with Gasteiger partial charge >= 0.3 is 6.18 Å². The van der Waals surface area contributed by atoms with Gasteiger partial charge in [-0.15, -0.1) is 0 Å². The van der Waals surface area contributed by atoms with Crippen LogP contribution in [-0.2, 0) is 6.54 Å². The van der Waals surface area contributed by atoms with Gasteiger partial charge in [-0.2, -0.15) is 18.2 Å². The summed E-state index contributed by atoms with van der Waals surface area (Å²) in [6, 6.07) is 0. The standard InChI is InChI=1S/C11H16F3N3O2/c1-7-15-9(19-16-7)6-17-4-2-8(3-5-17)10(18)11(12,13)14/h8,10,18H,2-6H2,1H3. The van der Waals surface area contributed by atoms with Crippen molar-refractivity contribution >= 4 is 0 Å². The minimum atomic E-state index is -4.53. The van der Waals surface area contributed by atoms with Crippen molar-refractivity contribution in [3.63, 3.8) is 0 Å². The van der Waals surface area contributed by atoms with Crippen molar-refractivity contribution in [1.29, 1.82) is 0 Å². The van der Waals surface area contributed by atoms with E-state index in [-0.39, 0.29) is 0 Å². The molecule has 0 saturated carbocycles. The molecule has 1 saturated heterocycles. The molecular formula is C11H16F3N3O2. The van der Waals surface area contributed by atoms with Gasteiger partial charge in [0.05, 0.1) is 6.54 Å². The van der Waals surface area contributed by atoms with Gasteiger partial charge in [0, 0.05) is 0 Å². The van der Waals surface area contributed by atoms with Gasteiger partial charge in [0.1, 0.15) is 0 Å². The van der Waals surface area contributed by atoms with E-state index in [0.717, 1.165) is 0 Å². The third-order valence-electron chi connectivity index (χ3n) is 3.34. The molecule has 1 atom stereocenters. The molecule has 1 fully saturated rings. The minimum Gasteiger partial charge on any atom is -0.383 e. The number of aliphatic hydroxyl groups excluding tert-OH is 1. The summed E-state index contributed by atoms with van der Waals surface area (Å²) in [5, 5.41) is 12.9. The summed E-state index contributed by atoms with van der Waals surface area (Å²) >= 11 is 0. The van der Waals surface area contributed by atoms with E-state index in [2.05, 4.69) is 10.1 Å². The number of hydrogen-bond donors (Lipinski definition) is 1. The topological polar surface area (TPSA) is 62.4 Å². The zero-order valence-corrected chi connectivity index (χ0v) is 10.5. The summed E-state index contributed by atoms with van der Waals surface area (Å²) in [5.41, 5.74) is 0. The van der Waals surface area contributed by atoms with Crippen molar-refractivity contribution in [2.24, 2.45) is 5.92 Å². The lowest BCUT2D eigenvalue weighted by atomic mass is 9.91. The van der Waals surface area contributed by atoms with Gasteiger partial charge in [0.2, 0.25) is 5.89 Å². The van der Waals surface area contributed by atoms with Gasteiger partial charge in [-0.1, -0.05) is 5.16 Å². The average molecular weight is 279 g/mol. The fourth-order valence-corrected chi connectivity index (χ4v) is 2.29. The monoisotopic (exact) mass is 279 g/mol. The summed E-state index contributed by atoms with van der Waals surface area (Å²) < 4.78 is 42.1. The van der Waals surface area contributed by atoms with Crippen LogP contribution in [0.3, 0.4) is 0 Å². The molecule has 0 aliphatic carbocycles. The molecule has 5 nitrogen and oxygen atoms in total. The Morgan fingerprint density at radius 3 is 2.53 bits per heavy atom. The maximum Gasteiger partial charge on any atom is 0.414 e. The van der Waals surface area contributed by atoms with Crippen molar-refractivity contribution in [2.45, 2.75) is 38.6 Å². The maximum absolute atomic E-state index is 12.4. The highest BCUT2D eigenvalue weighted by atomic mass is 19.4. The molecule has 8 heteroatoms. The number of likely N-dealkylation sites (tertiary alicyclic amines) is 1. The zero-order chi connectivity index (χ0) is 14.0. The lowest BCUT2D eigenvalue weighted by molar-refractivity contribution is -0.223. The van der Waals surface area contributed by atoms with Crippen LogP contribution in [0, 0.1) is 12.8 Å². The van der Waals surface area contributed by atoms with E-state index in [4.69, 9.17) is 4.52 Å². The third kappa shape index (κ3) is 3.66. The Morgan fingerprint density at radius 1 is 1.42 bits per heavy atom. The summed E-state index contributed by atoms with van der Waals surface area (Å²) in [5.74, 6) is 0.283. The molecular weight excluding hydrogens is 263 g/mol. The summed E-state index contributed by atoms with van der Waals surface area (Å²) in [7, 11) is 0. The minimum absolute atomic E-state index is 0.313. The van der Waals surface area contributed by atoms with E-state index < -0.39 is 18.2 Å². The van der Waals surface area contributed by atoms with E-state index >= 15 is 0 Å². The average Bonchev–Trinajstić information content (AvgIpc) is 2.74. The number of alkyl halides is 3. The molecule has 0 spiro atoms. The van der Waals surface area contributed by atoms with E-state index in [1.54, 1.807) is 6.92 Å². The highest BCUT2D eigenvalue weighted by Gasteiger charge is 2.44. The van der Waals surface area contributed by atoms with Crippen molar-refractivity contribution in [3.8, 4) is 0 Å². The van der Waals surface area contributed by atoms with Gasteiger partial charge < -0.3 is 9.63 Å². The predicted octanol–water partition coefficient (Wildman–Crippen LogP) is 1.51. The van der Waals surface area contributed by atoms with Gasteiger partial charge in [0.15, 0.2) is 11.9 Å². The van der Waals surface area contributed by atoms with E-state index in [0.29, 0.717) is 44.2 Å². The van der Waals surface area contributed by atoms with Crippen LogP contribution < -0.4 is 0 Å². The largest absolute Gasteiger partial charge is 0.414 e. The number of aryl methyl sites for hydroxylation is 1. The Hall–Kier alpha value is -1.15. The molecule has 0 aromatic carbocycles.